The number of hydrogen-bond donors (Lipinski definition) is 1. The lowest BCUT2D eigenvalue weighted by Gasteiger charge is -2.21. The van der Waals surface area contributed by atoms with Gasteiger partial charge in [-0.05, 0) is 40.8 Å². The van der Waals surface area contributed by atoms with Gasteiger partial charge in [0.15, 0.2) is 0 Å². The maximum Gasteiger partial charge on any atom is 0.267 e. The summed E-state index contributed by atoms with van der Waals surface area (Å²) in [5.74, 6) is 0.525. The third kappa shape index (κ3) is 2.70. The van der Waals surface area contributed by atoms with Gasteiger partial charge in [0.05, 0.1) is 11.6 Å². The van der Waals surface area contributed by atoms with Crippen LogP contribution in [0.25, 0.3) is 0 Å². The molecule has 0 unspecified atom stereocenters. The third-order valence-corrected chi connectivity index (χ3v) is 4.85. The standard InChI is InChI=1S/C14H12ClIN4O2/c1-17-12-11-13(19-7-18-12)22-5-4-20(14(11)21)8-2-3-10(16)9(15)6-8/h2-3,6-7H,4-5H2,1H3,(H,17,18,19). The first-order valence-corrected chi connectivity index (χ1v) is 8.00. The number of anilines is 2. The van der Waals surface area contributed by atoms with Crippen molar-refractivity contribution in [3.8, 4) is 5.88 Å². The lowest BCUT2D eigenvalue weighted by molar-refractivity contribution is 0.0990. The number of amides is 1. The zero-order chi connectivity index (χ0) is 15.7. The number of nitrogens with zero attached hydrogens (tertiary/aromatic N) is 3. The molecule has 1 N–H and O–H groups in total. The molecule has 0 fully saturated rings. The number of rotatable bonds is 2. The molecule has 6 nitrogen and oxygen atoms in total. The molecule has 1 aromatic heterocycles. The average molecular weight is 431 g/mol. The highest BCUT2D eigenvalue weighted by Gasteiger charge is 2.29. The van der Waals surface area contributed by atoms with Gasteiger partial charge in [0, 0.05) is 16.3 Å². The maximum absolute atomic E-state index is 12.9. The summed E-state index contributed by atoms with van der Waals surface area (Å²) in [5.41, 5.74) is 1.05. The zero-order valence-corrected chi connectivity index (χ0v) is 14.6. The number of nitrogens with one attached hydrogen (secondary N) is 1. The Balaban J connectivity index is 2.07. The Morgan fingerprint density at radius 3 is 2.95 bits per heavy atom. The van der Waals surface area contributed by atoms with Crippen LogP contribution < -0.4 is 15.0 Å². The molecular formula is C14H12ClIN4O2. The molecule has 2 heterocycles. The van der Waals surface area contributed by atoms with Gasteiger partial charge >= 0.3 is 0 Å². The predicted molar refractivity (Wildman–Crippen MR) is 92.9 cm³/mol. The molecule has 1 aromatic carbocycles. The van der Waals surface area contributed by atoms with E-state index >= 15 is 0 Å². The number of fused-ring (bicyclic) bond motifs is 1. The summed E-state index contributed by atoms with van der Waals surface area (Å²) in [4.78, 5) is 22.7. The molecule has 1 amide bonds. The Morgan fingerprint density at radius 1 is 1.41 bits per heavy atom. The summed E-state index contributed by atoms with van der Waals surface area (Å²) in [6.07, 6.45) is 1.37. The minimum Gasteiger partial charge on any atom is -0.475 e. The van der Waals surface area contributed by atoms with Crippen molar-refractivity contribution in [1.82, 2.24) is 9.97 Å². The highest BCUT2D eigenvalue weighted by atomic mass is 127. The molecule has 8 heteroatoms. The molecule has 1 aliphatic rings. The van der Waals surface area contributed by atoms with Gasteiger partial charge in [-0.1, -0.05) is 11.6 Å². The number of carbonyl (C=O) groups excluding carboxylic acids is 1. The van der Waals surface area contributed by atoms with E-state index in [1.54, 1.807) is 18.0 Å². The lowest BCUT2D eigenvalue weighted by Crippen LogP contribution is -2.32. The van der Waals surface area contributed by atoms with Crippen molar-refractivity contribution in [2.24, 2.45) is 0 Å². The van der Waals surface area contributed by atoms with Crippen molar-refractivity contribution in [1.29, 1.82) is 0 Å². The van der Waals surface area contributed by atoms with Crippen LogP contribution in [0.3, 0.4) is 0 Å². The Labute approximate surface area is 146 Å². The van der Waals surface area contributed by atoms with E-state index in [1.807, 2.05) is 12.1 Å². The first-order valence-electron chi connectivity index (χ1n) is 6.54. The van der Waals surface area contributed by atoms with Crippen LogP contribution in [0, 0.1) is 3.57 Å². The van der Waals surface area contributed by atoms with E-state index in [9.17, 15) is 4.79 Å². The van der Waals surface area contributed by atoms with Crippen LogP contribution >= 0.6 is 34.2 Å². The first-order chi connectivity index (χ1) is 10.6. The van der Waals surface area contributed by atoms with Crippen molar-refractivity contribution < 1.29 is 9.53 Å². The summed E-state index contributed by atoms with van der Waals surface area (Å²) in [6.45, 7) is 0.762. The fourth-order valence-corrected chi connectivity index (χ4v) is 2.74. The third-order valence-electron chi connectivity index (χ3n) is 3.28. The summed E-state index contributed by atoms with van der Waals surface area (Å²) >= 11 is 8.31. The summed E-state index contributed by atoms with van der Waals surface area (Å²) in [7, 11) is 1.70. The van der Waals surface area contributed by atoms with Crippen LogP contribution in [0.4, 0.5) is 11.5 Å². The number of carbonyl (C=O) groups is 1. The van der Waals surface area contributed by atoms with E-state index in [2.05, 4.69) is 37.9 Å². The first kappa shape index (κ1) is 15.3. The van der Waals surface area contributed by atoms with Gasteiger partial charge in [0.25, 0.3) is 5.91 Å². The van der Waals surface area contributed by atoms with Gasteiger partial charge in [0.1, 0.15) is 24.3 Å². The predicted octanol–water partition coefficient (Wildman–Crippen LogP) is 2.82. The van der Waals surface area contributed by atoms with E-state index in [-0.39, 0.29) is 5.91 Å². The largest absolute Gasteiger partial charge is 0.475 e. The van der Waals surface area contributed by atoms with Crippen LogP contribution in [-0.2, 0) is 0 Å². The Morgan fingerprint density at radius 2 is 2.23 bits per heavy atom. The van der Waals surface area contributed by atoms with Gasteiger partial charge in [0.2, 0.25) is 5.88 Å². The molecule has 2 aromatic rings. The Hall–Kier alpha value is -1.61. The van der Waals surface area contributed by atoms with Crippen LogP contribution in [0.15, 0.2) is 24.5 Å². The van der Waals surface area contributed by atoms with Crippen LogP contribution in [0.5, 0.6) is 5.88 Å². The van der Waals surface area contributed by atoms with Gasteiger partial charge in [-0.2, -0.15) is 0 Å². The molecule has 0 bridgehead atoms. The zero-order valence-electron chi connectivity index (χ0n) is 11.6. The molecule has 0 radical (unpaired) electrons. The number of aromatic nitrogens is 2. The normalized spacial score (nSPS) is 14.1. The Bertz CT molecular complexity index is 741. The highest BCUT2D eigenvalue weighted by Crippen LogP contribution is 2.30. The van der Waals surface area contributed by atoms with E-state index in [0.29, 0.717) is 35.4 Å². The van der Waals surface area contributed by atoms with Crippen LogP contribution in [0.2, 0.25) is 5.02 Å². The highest BCUT2D eigenvalue weighted by molar-refractivity contribution is 14.1. The molecule has 1 aliphatic heterocycles. The number of ether oxygens (including phenoxy) is 1. The Kier molecular flexibility index (Phi) is 4.34. The minimum atomic E-state index is -0.213. The summed E-state index contributed by atoms with van der Waals surface area (Å²) < 4.78 is 6.51. The van der Waals surface area contributed by atoms with Crippen molar-refractivity contribution in [3.05, 3.63) is 38.7 Å². The van der Waals surface area contributed by atoms with Crippen molar-refractivity contribution in [2.45, 2.75) is 0 Å². The van der Waals surface area contributed by atoms with Crippen molar-refractivity contribution in [2.75, 3.05) is 30.4 Å². The van der Waals surface area contributed by atoms with E-state index in [1.165, 1.54) is 6.33 Å². The molecule has 114 valence electrons. The quantitative estimate of drug-likeness (QED) is 0.742. The maximum atomic E-state index is 12.9. The molecular weight excluding hydrogens is 419 g/mol. The molecule has 0 atom stereocenters. The van der Waals surface area contributed by atoms with Gasteiger partial charge < -0.3 is 15.0 Å². The molecule has 0 saturated carbocycles. The average Bonchev–Trinajstić information content (AvgIpc) is 2.69. The van der Waals surface area contributed by atoms with Gasteiger partial charge in [-0.25, -0.2) is 9.97 Å². The van der Waals surface area contributed by atoms with E-state index in [4.69, 9.17) is 16.3 Å². The number of hydrogen-bond acceptors (Lipinski definition) is 5. The molecule has 0 saturated heterocycles. The number of benzene rings is 1. The second kappa shape index (κ2) is 6.25. The van der Waals surface area contributed by atoms with E-state index < -0.39 is 0 Å². The molecule has 0 aliphatic carbocycles. The fourth-order valence-electron chi connectivity index (χ4n) is 2.23. The second-order valence-corrected chi connectivity index (χ2v) is 6.13. The fraction of sp³-hybridized carbons (Fsp3) is 0.214. The molecule has 0 spiro atoms. The lowest BCUT2D eigenvalue weighted by atomic mass is 10.2. The van der Waals surface area contributed by atoms with Crippen molar-refractivity contribution >= 4 is 51.6 Å². The summed E-state index contributed by atoms with van der Waals surface area (Å²) in [6, 6.07) is 5.51. The van der Waals surface area contributed by atoms with Crippen LogP contribution in [-0.4, -0.2) is 36.1 Å². The topological polar surface area (TPSA) is 67.4 Å². The molecule has 3 rings (SSSR count). The monoisotopic (exact) mass is 430 g/mol. The van der Waals surface area contributed by atoms with Crippen LogP contribution in [0.1, 0.15) is 10.4 Å². The second-order valence-electron chi connectivity index (χ2n) is 4.56. The smallest absolute Gasteiger partial charge is 0.267 e. The van der Waals surface area contributed by atoms with Crippen molar-refractivity contribution in [3.63, 3.8) is 0 Å². The van der Waals surface area contributed by atoms with Gasteiger partial charge in [-0.15, -0.1) is 0 Å². The molecule has 22 heavy (non-hydrogen) atoms. The number of halogens is 2. The SMILES string of the molecule is CNc1ncnc2c1C(=O)N(c1ccc(I)c(Cl)c1)CCO2. The summed E-state index contributed by atoms with van der Waals surface area (Å²) in [5, 5.41) is 3.51. The van der Waals surface area contributed by atoms with E-state index in [0.717, 1.165) is 9.26 Å². The minimum absolute atomic E-state index is 0.213. The van der Waals surface area contributed by atoms with Gasteiger partial charge in [-0.3, -0.25) is 4.79 Å².